The summed E-state index contributed by atoms with van der Waals surface area (Å²) in [5, 5.41) is 106. The number of amides is 14. The van der Waals surface area contributed by atoms with Crippen LogP contribution in [0.4, 0.5) is 0 Å². The Kier molecular flexibility index (Phi) is 49.8. The maximum absolute atomic E-state index is 16.0. The summed E-state index contributed by atoms with van der Waals surface area (Å²) in [5.74, 6) is -17.0. The lowest BCUT2D eigenvalue weighted by Gasteiger charge is -2.31. The van der Waals surface area contributed by atoms with E-state index in [1.165, 1.54) is 53.4 Å². The molecule has 766 valence electrons. The molecule has 50 nitrogen and oxygen atoms in total. The first-order valence-corrected chi connectivity index (χ1v) is 48.7. The van der Waals surface area contributed by atoms with Crippen LogP contribution in [0.25, 0.3) is 10.9 Å². The molecule has 14 atom stereocenters. The molecule has 52 heteroatoms. The van der Waals surface area contributed by atoms with E-state index >= 15 is 57.5 Å². The molecule has 0 aliphatic carbocycles. The molecule has 14 amide bonds. The maximum atomic E-state index is 16.0. The van der Waals surface area contributed by atoms with Crippen LogP contribution in [0.3, 0.4) is 0 Å². The highest BCUT2D eigenvalue weighted by Gasteiger charge is 2.42. The van der Waals surface area contributed by atoms with Gasteiger partial charge in [0.15, 0.2) is 29.8 Å². The summed E-state index contributed by atoms with van der Waals surface area (Å²) in [6.07, 6.45) is 1.12. The smallest absolute Gasteiger partial charge is 0.245 e. The number of carbonyl (C=O) groups is 14. The highest BCUT2D eigenvalue weighted by molar-refractivity contribution is 8.76. The zero-order valence-electron chi connectivity index (χ0n) is 77.8. The van der Waals surface area contributed by atoms with Crippen molar-refractivity contribution in [2.45, 2.75) is 232 Å². The van der Waals surface area contributed by atoms with Crippen molar-refractivity contribution in [3.05, 3.63) is 95.7 Å². The number of phenols is 2. The lowest BCUT2D eigenvalue weighted by molar-refractivity contribution is -0.142. The number of hydrogen-bond donors (Lipinski definition) is 35. The number of hydrogen-bond acceptors (Lipinski definition) is 27. The number of guanidine groups is 5. The lowest BCUT2D eigenvalue weighted by Crippen LogP contribution is -2.61. The van der Waals surface area contributed by atoms with Crippen molar-refractivity contribution in [3.8, 4) is 11.5 Å². The van der Waals surface area contributed by atoms with Crippen LogP contribution < -0.4 is 148 Å². The number of unbranched alkanes of at least 4 members (excludes halogenated alkanes) is 2. The molecular formula is C87H140N34O16S2. The van der Waals surface area contributed by atoms with Gasteiger partial charge in [-0.15, -0.1) is 0 Å². The summed E-state index contributed by atoms with van der Waals surface area (Å²) in [4.78, 5) is 216. The summed E-state index contributed by atoms with van der Waals surface area (Å²) in [7, 11) is 1.59. The summed E-state index contributed by atoms with van der Waals surface area (Å²) in [5.41, 5.74) is 60.0. The number of fused-ring (bicyclic) bond motifs is 2. The molecule has 1 unspecified atom stereocenters. The molecule has 2 saturated heterocycles. The van der Waals surface area contributed by atoms with E-state index in [9.17, 15) is 19.8 Å². The minimum atomic E-state index is -1.86. The van der Waals surface area contributed by atoms with Gasteiger partial charge in [-0.2, -0.15) is 0 Å². The van der Waals surface area contributed by atoms with E-state index in [1.54, 1.807) is 30.5 Å². The van der Waals surface area contributed by atoms with Gasteiger partial charge >= 0.3 is 0 Å². The van der Waals surface area contributed by atoms with Gasteiger partial charge in [0.05, 0.1) is 6.04 Å². The number of nitrogens with two attached hydrogens (primary N) is 10. The first-order valence-electron chi connectivity index (χ1n) is 46.2. The molecule has 2 fully saturated rings. The molecule has 0 spiro atoms. The van der Waals surface area contributed by atoms with Gasteiger partial charge in [-0.1, -0.05) is 64.1 Å². The van der Waals surface area contributed by atoms with E-state index in [4.69, 9.17) is 84.4 Å². The van der Waals surface area contributed by atoms with Crippen molar-refractivity contribution in [2.75, 3.05) is 70.4 Å². The number of nitrogens with zero attached hydrogens (tertiary/aromatic N) is 1. The molecule has 0 radical (unpaired) electrons. The zero-order chi connectivity index (χ0) is 102. The van der Waals surface area contributed by atoms with E-state index in [0.29, 0.717) is 34.0 Å². The molecule has 139 heavy (non-hydrogen) atoms. The van der Waals surface area contributed by atoms with Crippen molar-refractivity contribution < 1.29 is 77.3 Å². The molecule has 45 N–H and O–H groups in total. The normalized spacial score (nSPS) is 20.5. The second-order valence-corrected chi connectivity index (χ2v) is 36.3. The Morgan fingerprint density at radius 1 is 0.432 bits per heavy atom. The maximum Gasteiger partial charge on any atom is 0.245 e. The molecule has 6 rings (SSSR count). The Labute approximate surface area is 812 Å². The Balaban J connectivity index is 1.59. The average molecular weight is 1980 g/mol. The standard InChI is InChI=1S/C87H140N34O16S2/c88-33-5-3-17-57-73(128)115-62(19-7-35-90)82(137)121-41-13-24-68(121)81(136)118-64(43-49-27-31-52(123)32-28-49)77(132)114-61(23-12-40-107-87(101)102)72(127)112-58(18-4-6-34-89)75(130)119-66(79(134)109-56(69(92)124)20-9-37-104-84(95)96)46-138-139-47-67(80(135)116-63(42-48-25-29-51(122)30-26-48)76(131)113-60(71(126)111-57)22-11-39-106-86(99)100)120-78(133)65(44-50-45-108-55-16-2-1-14-53(50)55)117-74(129)59(21-10-38-105-85(97)98)110-70(125)54(91)15-8-36-103-83(93)94/h1-2,14,16,25-32,45,54,56-68,108,122-123H,3-13,15,17-24,33-44,46-47,88-91H2,(H2,92,124)(H,109,134)(H,110,125)(H,111,126)(H,112,127)(H,113,131)(H,114,132)(H,115,128)(H,116,135)(H,117,129)(H,118,136)(H,119,130)(H,120,133)(H4,93,94,103)(H4,95,96,104)(H4,97,98,105)(H4,99,100,106)(H4,101,102,107)/t54-,56-,57-,58-,59-,60-,61-,62?,63-,64-,65-,66-,67-,68-/m0/s1. The third-order valence-corrected chi connectivity index (χ3v) is 25.1. The number of primary amides is 1. The highest BCUT2D eigenvalue weighted by Crippen LogP contribution is 2.27. The quantitative estimate of drug-likeness (QED) is 0.00846. The second-order valence-electron chi connectivity index (χ2n) is 33.7. The van der Waals surface area contributed by atoms with E-state index < -0.39 is 209 Å². The van der Waals surface area contributed by atoms with Crippen molar-refractivity contribution in [2.24, 2.45) is 57.3 Å². The van der Waals surface area contributed by atoms with E-state index in [2.05, 4.69) is 95.4 Å². The number of aromatic amines is 1. The summed E-state index contributed by atoms with van der Waals surface area (Å²) in [6.45, 7) is 0.341. The van der Waals surface area contributed by atoms with Gasteiger partial charge in [-0.05, 0) is 195 Å². The van der Waals surface area contributed by atoms with Crippen LogP contribution in [0.1, 0.15) is 145 Å². The molecule has 4 aromatic rings. The molecular weight excluding hydrogens is 1840 g/mol. The first kappa shape index (κ1) is 114. The molecule has 0 bridgehead atoms. The topological polar surface area (TPSA) is 882 Å². The largest absolute Gasteiger partial charge is 0.508 e. The van der Waals surface area contributed by atoms with Crippen LogP contribution in [-0.2, 0) is 86.4 Å². The van der Waals surface area contributed by atoms with Crippen molar-refractivity contribution in [1.82, 2.24) is 100 Å². The monoisotopic (exact) mass is 1980 g/mol. The SMILES string of the molecule is N=C(N)NCCC[C@H](NC(=O)[C@@H]1CSSC[C@H](NC(=O)[C@H](Cc2c[nH]c3ccccc23)NC(=O)[C@H](CCCNC(=N)N)NC(=O)[C@@H](N)CCCNC(=N)N)C(=O)N[C@@H](Cc2ccc(O)cc2)C(=O)N[C@@H](CCCNC(=N)N)C(=O)N[C@@H](CCCCN)C(=O)NC(CCCN)C(=O)N2CCC[C@H]2C(=O)N[C@@H](Cc2ccc(O)cc2)C(=O)N[C@@H](CCCNC(=N)N)C(=O)N[C@@H](CCCCN)C(=O)N1)C(N)=O. The number of aromatic nitrogens is 1. The number of para-hydroxylation sites is 1. The average Bonchev–Trinajstić information content (AvgIpc) is 1.67. The number of phenolic OH excluding ortho intramolecular Hbond substituents is 2. The molecule has 0 saturated carbocycles. The fourth-order valence-electron chi connectivity index (χ4n) is 15.2. The molecule has 3 aromatic carbocycles. The fourth-order valence-corrected chi connectivity index (χ4v) is 17.6. The number of rotatable bonds is 46. The number of nitrogens with one attached hydrogen (secondary N) is 23. The minimum Gasteiger partial charge on any atom is -0.508 e. The molecule has 1 aromatic heterocycles. The summed E-state index contributed by atoms with van der Waals surface area (Å²) >= 11 is 0. The Morgan fingerprint density at radius 2 is 0.842 bits per heavy atom. The van der Waals surface area contributed by atoms with Crippen LogP contribution in [0.2, 0.25) is 0 Å². The van der Waals surface area contributed by atoms with Crippen molar-refractivity contribution in [3.63, 3.8) is 0 Å². The lowest BCUT2D eigenvalue weighted by atomic mass is 10.0. The number of benzene rings is 3. The third-order valence-electron chi connectivity index (χ3n) is 22.7. The van der Waals surface area contributed by atoms with Gasteiger partial charge in [0.2, 0.25) is 82.7 Å². The molecule has 2 aliphatic heterocycles. The van der Waals surface area contributed by atoms with E-state index in [1.807, 2.05) is 0 Å². The molecule has 3 heterocycles. The van der Waals surface area contributed by atoms with Crippen LogP contribution in [-0.4, -0.2) is 288 Å². The van der Waals surface area contributed by atoms with Gasteiger partial charge in [-0.3, -0.25) is 94.2 Å². The predicted octanol–water partition coefficient (Wildman–Crippen LogP) is -7.06. The summed E-state index contributed by atoms with van der Waals surface area (Å²) < 4.78 is 0. The van der Waals surface area contributed by atoms with Gasteiger partial charge < -0.3 is 168 Å². The van der Waals surface area contributed by atoms with Crippen LogP contribution in [0.15, 0.2) is 79.0 Å². The fraction of sp³-hybridized carbons (Fsp3) is 0.552. The first-order chi connectivity index (χ1) is 66.4. The number of carbonyl (C=O) groups excluding carboxylic acids is 14. The van der Waals surface area contributed by atoms with Crippen molar-refractivity contribution in [1.29, 1.82) is 27.0 Å². The van der Waals surface area contributed by atoms with Gasteiger partial charge in [0.1, 0.15) is 90.0 Å². The van der Waals surface area contributed by atoms with Gasteiger partial charge in [0, 0.05) is 87.1 Å². The van der Waals surface area contributed by atoms with Crippen LogP contribution in [0, 0.1) is 27.0 Å². The molecule has 2 aliphatic rings. The third kappa shape index (κ3) is 41.2. The van der Waals surface area contributed by atoms with E-state index in [-0.39, 0.29) is 211 Å². The Hall–Kier alpha value is -13.7. The predicted molar refractivity (Wildman–Crippen MR) is 525 cm³/mol. The summed E-state index contributed by atoms with van der Waals surface area (Å²) in [6, 6.07) is -3.85. The van der Waals surface area contributed by atoms with Crippen LogP contribution >= 0.6 is 21.6 Å². The minimum absolute atomic E-state index is 0.0110. The Morgan fingerprint density at radius 3 is 1.32 bits per heavy atom. The van der Waals surface area contributed by atoms with Crippen molar-refractivity contribution >= 4 is 145 Å². The number of aromatic hydroxyl groups is 2. The Bertz CT molecular complexity index is 4790. The second kappa shape index (κ2) is 60.8. The van der Waals surface area contributed by atoms with Gasteiger partial charge in [0.25, 0.3) is 0 Å². The van der Waals surface area contributed by atoms with Crippen LogP contribution in [0.5, 0.6) is 11.5 Å². The van der Waals surface area contributed by atoms with E-state index in [0.717, 1.165) is 21.6 Å². The number of H-pyrrole nitrogens is 1. The zero-order valence-corrected chi connectivity index (χ0v) is 79.4. The highest BCUT2D eigenvalue weighted by atomic mass is 33.1. The van der Waals surface area contributed by atoms with Gasteiger partial charge in [-0.25, -0.2) is 0 Å².